The van der Waals surface area contributed by atoms with Crippen LogP contribution in [0.25, 0.3) is 0 Å². The highest BCUT2D eigenvalue weighted by atomic mass is 16.5. The summed E-state index contributed by atoms with van der Waals surface area (Å²) in [5, 5.41) is 0. The molecule has 0 N–H and O–H groups in total. The van der Waals surface area contributed by atoms with Gasteiger partial charge in [0, 0.05) is 13.8 Å². The van der Waals surface area contributed by atoms with Crippen molar-refractivity contribution in [2.45, 2.75) is 66.6 Å². The predicted molar refractivity (Wildman–Crippen MR) is 77.1 cm³/mol. The monoisotopic (exact) mass is 280 g/mol. The first-order valence-electron chi connectivity index (χ1n) is 7.00. The molecule has 0 aromatic rings. The van der Waals surface area contributed by atoms with Crippen molar-refractivity contribution < 1.29 is 19.1 Å². The largest absolute Gasteiger partial charge is 0.453 e. The SMILES string of the molecule is CCCC1=C(C)C(OC(C)=O)C(C)=C(C)C1OC(C)=O. The molecule has 1 aliphatic rings. The van der Waals surface area contributed by atoms with Gasteiger partial charge in [-0.2, -0.15) is 0 Å². The highest BCUT2D eigenvalue weighted by molar-refractivity contribution is 5.68. The van der Waals surface area contributed by atoms with Gasteiger partial charge >= 0.3 is 11.9 Å². The number of hydrogen-bond donors (Lipinski definition) is 0. The Kier molecular flexibility index (Phi) is 5.54. The number of esters is 2. The molecule has 4 heteroatoms. The summed E-state index contributed by atoms with van der Waals surface area (Å²) in [5.74, 6) is -0.599. The van der Waals surface area contributed by atoms with Crippen LogP contribution >= 0.6 is 0 Å². The normalized spacial score (nSPS) is 22.9. The molecular formula is C16H24O4. The van der Waals surface area contributed by atoms with Crippen LogP contribution in [-0.2, 0) is 19.1 Å². The van der Waals surface area contributed by atoms with Gasteiger partial charge in [0.25, 0.3) is 0 Å². The van der Waals surface area contributed by atoms with Gasteiger partial charge in [-0.15, -0.1) is 0 Å². The molecule has 0 heterocycles. The molecule has 0 spiro atoms. The van der Waals surface area contributed by atoms with E-state index in [4.69, 9.17) is 9.47 Å². The lowest BCUT2D eigenvalue weighted by atomic mass is 9.82. The lowest BCUT2D eigenvalue weighted by molar-refractivity contribution is -0.146. The predicted octanol–water partition coefficient (Wildman–Crippen LogP) is 3.32. The van der Waals surface area contributed by atoms with Crippen LogP contribution < -0.4 is 0 Å². The fraction of sp³-hybridized carbons (Fsp3) is 0.625. The molecule has 112 valence electrons. The van der Waals surface area contributed by atoms with E-state index < -0.39 is 0 Å². The maximum Gasteiger partial charge on any atom is 0.303 e. The lowest BCUT2D eigenvalue weighted by Crippen LogP contribution is -2.33. The zero-order chi connectivity index (χ0) is 15.4. The molecule has 0 saturated carbocycles. The smallest absolute Gasteiger partial charge is 0.303 e. The summed E-state index contributed by atoms with van der Waals surface area (Å²) in [6, 6.07) is 0. The van der Waals surface area contributed by atoms with E-state index in [0.717, 1.165) is 35.1 Å². The van der Waals surface area contributed by atoms with Gasteiger partial charge in [-0.05, 0) is 49.5 Å². The van der Waals surface area contributed by atoms with Gasteiger partial charge in [-0.1, -0.05) is 13.3 Å². The molecule has 20 heavy (non-hydrogen) atoms. The molecule has 0 aliphatic heterocycles. The quantitative estimate of drug-likeness (QED) is 0.585. The van der Waals surface area contributed by atoms with Crippen molar-refractivity contribution in [2.75, 3.05) is 0 Å². The summed E-state index contributed by atoms with van der Waals surface area (Å²) in [6.07, 6.45) is 1.12. The Morgan fingerprint density at radius 1 is 0.900 bits per heavy atom. The Bertz CT molecular complexity index is 471. The Hall–Kier alpha value is -1.58. The Labute approximate surface area is 120 Å². The molecule has 1 rings (SSSR count). The van der Waals surface area contributed by atoms with Crippen LogP contribution in [0.4, 0.5) is 0 Å². The Balaban J connectivity index is 3.24. The molecule has 0 amide bonds. The van der Waals surface area contributed by atoms with E-state index in [1.54, 1.807) is 0 Å². The van der Waals surface area contributed by atoms with E-state index in [0.29, 0.717) is 0 Å². The number of carbonyl (C=O) groups is 2. The van der Waals surface area contributed by atoms with Crippen LogP contribution in [0.5, 0.6) is 0 Å². The standard InChI is InChI=1S/C16H24O4/c1-7-8-14-11(4)15(19-12(5)17)9(2)10(3)16(14)20-13(6)18/h15-16H,7-8H2,1-6H3. The molecule has 2 unspecified atom stereocenters. The molecule has 0 saturated heterocycles. The van der Waals surface area contributed by atoms with Gasteiger partial charge in [0.1, 0.15) is 12.2 Å². The molecule has 2 atom stereocenters. The van der Waals surface area contributed by atoms with E-state index in [1.807, 2.05) is 20.8 Å². The number of rotatable bonds is 4. The zero-order valence-electron chi connectivity index (χ0n) is 13.2. The fourth-order valence-corrected chi connectivity index (χ4v) is 2.64. The van der Waals surface area contributed by atoms with E-state index in [2.05, 4.69) is 6.92 Å². The average molecular weight is 280 g/mol. The maximum atomic E-state index is 11.3. The third-order valence-electron chi connectivity index (χ3n) is 3.71. The third-order valence-corrected chi connectivity index (χ3v) is 3.71. The van der Waals surface area contributed by atoms with Gasteiger partial charge in [0.2, 0.25) is 0 Å². The zero-order valence-corrected chi connectivity index (χ0v) is 13.2. The number of carbonyl (C=O) groups excluding carboxylic acids is 2. The fourth-order valence-electron chi connectivity index (χ4n) is 2.64. The number of ether oxygens (including phenoxy) is 2. The summed E-state index contributed by atoms with van der Waals surface area (Å²) >= 11 is 0. The first-order chi connectivity index (χ1) is 9.29. The van der Waals surface area contributed by atoms with Gasteiger partial charge < -0.3 is 9.47 Å². The topological polar surface area (TPSA) is 52.6 Å². The van der Waals surface area contributed by atoms with Crippen molar-refractivity contribution in [3.05, 3.63) is 22.3 Å². The average Bonchev–Trinajstić information content (AvgIpc) is 2.35. The van der Waals surface area contributed by atoms with Gasteiger partial charge in [0.05, 0.1) is 0 Å². The number of hydrogen-bond acceptors (Lipinski definition) is 4. The van der Waals surface area contributed by atoms with Crippen molar-refractivity contribution in [3.63, 3.8) is 0 Å². The van der Waals surface area contributed by atoms with Gasteiger partial charge in [-0.25, -0.2) is 0 Å². The van der Waals surface area contributed by atoms with Crippen molar-refractivity contribution in [1.29, 1.82) is 0 Å². The molecular weight excluding hydrogens is 256 g/mol. The van der Waals surface area contributed by atoms with Crippen molar-refractivity contribution >= 4 is 11.9 Å². The second-order valence-corrected chi connectivity index (χ2v) is 5.30. The summed E-state index contributed by atoms with van der Waals surface area (Å²) in [5.41, 5.74) is 3.94. The first kappa shape index (κ1) is 16.5. The molecule has 0 fully saturated rings. The summed E-state index contributed by atoms with van der Waals surface area (Å²) in [7, 11) is 0. The molecule has 0 aromatic carbocycles. The minimum Gasteiger partial charge on any atom is -0.453 e. The minimum absolute atomic E-state index is 0.297. The van der Waals surface area contributed by atoms with Crippen LogP contribution in [0.1, 0.15) is 54.4 Å². The third kappa shape index (κ3) is 3.50. The van der Waals surface area contributed by atoms with E-state index in [1.165, 1.54) is 13.8 Å². The maximum absolute atomic E-state index is 11.3. The summed E-state index contributed by atoms with van der Waals surface area (Å²) in [6.45, 7) is 10.7. The highest BCUT2D eigenvalue weighted by Crippen LogP contribution is 2.36. The van der Waals surface area contributed by atoms with Crippen LogP contribution in [0.3, 0.4) is 0 Å². The van der Waals surface area contributed by atoms with E-state index in [-0.39, 0.29) is 24.1 Å². The van der Waals surface area contributed by atoms with E-state index in [9.17, 15) is 9.59 Å². The second-order valence-electron chi connectivity index (χ2n) is 5.30. The van der Waals surface area contributed by atoms with Crippen molar-refractivity contribution in [3.8, 4) is 0 Å². The summed E-state index contributed by atoms with van der Waals surface area (Å²) < 4.78 is 10.9. The molecule has 0 aromatic heterocycles. The Morgan fingerprint density at radius 2 is 1.35 bits per heavy atom. The Morgan fingerprint density at radius 3 is 1.80 bits per heavy atom. The molecule has 0 radical (unpaired) electrons. The molecule has 1 aliphatic carbocycles. The second kappa shape index (κ2) is 6.73. The van der Waals surface area contributed by atoms with Gasteiger partial charge in [0.15, 0.2) is 0 Å². The lowest BCUT2D eigenvalue weighted by Gasteiger charge is -2.34. The van der Waals surface area contributed by atoms with Crippen LogP contribution in [0.2, 0.25) is 0 Å². The van der Waals surface area contributed by atoms with Crippen LogP contribution in [-0.4, -0.2) is 24.1 Å². The van der Waals surface area contributed by atoms with Crippen LogP contribution in [0, 0.1) is 0 Å². The highest BCUT2D eigenvalue weighted by Gasteiger charge is 2.33. The minimum atomic E-state index is -0.333. The van der Waals surface area contributed by atoms with Crippen LogP contribution in [0.15, 0.2) is 22.3 Å². The summed E-state index contributed by atoms with van der Waals surface area (Å²) in [4.78, 5) is 22.6. The van der Waals surface area contributed by atoms with E-state index >= 15 is 0 Å². The van der Waals surface area contributed by atoms with Crippen molar-refractivity contribution in [1.82, 2.24) is 0 Å². The molecule has 0 bridgehead atoms. The first-order valence-corrected chi connectivity index (χ1v) is 7.00. The van der Waals surface area contributed by atoms with Crippen molar-refractivity contribution in [2.24, 2.45) is 0 Å². The van der Waals surface area contributed by atoms with Gasteiger partial charge in [-0.3, -0.25) is 9.59 Å². The molecule has 4 nitrogen and oxygen atoms in total.